The van der Waals surface area contributed by atoms with Gasteiger partial charge in [-0.3, -0.25) is 0 Å². The van der Waals surface area contributed by atoms with E-state index in [4.69, 9.17) is 18.1 Å². The summed E-state index contributed by atoms with van der Waals surface area (Å²) in [5.74, 6) is 0.681. The van der Waals surface area contributed by atoms with Crippen molar-refractivity contribution in [1.82, 2.24) is 0 Å². The van der Waals surface area contributed by atoms with Gasteiger partial charge in [-0.1, -0.05) is 0 Å². The summed E-state index contributed by atoms with van der Waals surface area (Å²) >= 11 is 0. The van der Waals surface area contributed by atoms with Gasteiger partial charge in [-0.15, -0.1) is 0 Å². The maximum atomic E-state index is 6.59. The van der Waals surface area contributed by atoms with Gasteiger partial charge in [0.25, 0.3) is 0 Å². The third-order valence-electron chi connectivity index (χ3n) is 5.06. The standard InChI is InChI=1S/C19H23O4P/c1-18(2)19(3,4)23-24(22-18,21-16-11-6-5-7-12-16)17-13-9-8-10-15(17)14-20-24/h5-13H,14H2,1-4H3. The van der Waals surface area contributed by atoms with E-state index in [1.807, 2.05) is 82.3 Å². The van der Waals surface area contributed by atoms with Crippen molar-refractivity contribution in [2.45, 2.75) is 45.5 Å². The molecule has 0 aromatic heterocycles. The molecule has 24 heavy (non-hydrogen) atoms. The molecule has 0 N–H and O–H groups in total. The summed E-state index contributed by atoms with van der Waals surface area (Å²) in [6.45, 7) is 8.51. The second-order valence-electron chi connectivity index (χ2n) is 7.32. The molecule has 4 nitrogen and oxygen atoms in total. The Bertz CT molecular complexity index is 769. The molecule has 2 aliphatic heterocycles. The van der Waals surface area contributed by atoms with Crippen LogP contribution in [0.3, 0.4) is 0 Å². The summed E-state index contributed by atoms with van der Waals surface area (Å²) in [5, 5.41) is 0.894. The minimum atomic E-state index is -3.95. The second-order valence-corrected chi connectivity index (χ2v) is 10.2. The van der Waals surface area contributed by atoms with Gasteiger partial charge in [0, 0.05) is 0 Å². The Balaban J connectivity index is 1.93. The van der Waals surface area contributed by atoms with Crippen molar-refractivity contribution in [3.8, 4) is 5.75 Å². The van der Waals surface area contributed by atoms with Crippen molar-refractivity contribution in [3.05, 3.63) is 60.2 Å². The summed E-state index contributed by atoms with van der Waals surface area (Å²) < 4.78 is 26.0. The van der Waals surface area contributed by atoms with Gasteiger partial charge in [0.2, 0.25) is 0 Å². The van der Waals surface area contributed by atoms with Gasteiger partial charge in [-0.25, -0.2) is 0 Å². The van der Waals surface area contributed by atoms with Gasteiger partial charge >= 0.3 is 142 Å². The first-order valence-electron chi connectivity index (χ1n) is 8.20. The van der Waals surface area contributed by atoms with E-state index in [2.05, 4.69) is 0 Å². The third-order valence-corrected chi connectivity index (χ3v) is 8.92. The monoisotopic (exact) mass is 346 g/mol. The summed E-state index contributed by atoms with van der Waals surface area (Å²) in [4.78, 5) is 0. The van der Waals surface area contributed by atoms with Crippen LogP contribution in [0, 0.1) is 0 Å². The van der Waals surface area contributed by atoms with E-state index < -0.39 is 18.7 Å². The average Bonchev–Trinajstić information content (AvgIpc) is 2.90. The van der Waals surface area contributed by atoms with Gasteiger partial charge in [-0.2, -0.15) is 0 Å². The molecule has 0 aliphatic carbocycles. The topological polar surface area (TPSA) is 36.9 Å². The Kier molecular flexibility index (Phi) is 3.21. The molecule has 2 aromatic carbocycles. The number of para-hydroxylation sites is 1. The molecule has 4 rings (SSSR count). The van der Waals surface area contributed by atoms with Gasteiger partial charge in [0.05, 0.1) is 0 Å². The first-order valence-corrected chi connectivity index (χ1v) is 10.1. The van der Waals surface area contributed by atoms with Crippen molar-refractivity contribution in [3.63, 3.8) is 0 Å². The maximum absolute atomic E-state index is 6.59. The molecule has 1 spiro atoms. The summed E-state index contributed by atoms with van der Waals surface area (Å²) in [6, 6.07) is 17.6. The SMILES string of the molecule is CC1(C)OP2(Oc3ccccc3)(OCc3ccccc32)OC1(C)C. The van der Waals surface area contributed by atoms with Crippen LogP contribution in [-0.4, -0.2) is 11.2 Å². The number of hydrogen-bond donors (Lipinski definition) is 0. The van der Waals surface area contributed by atoms with Crippen molar-refractivity contribution >= 4 is 12.8 Å². The molecule has 0 unspecified atom stereocenters. The molecule has 1 saturated heterocycles. The molecule has 2 aromatic rings. The van der Waals surface area contributed by atoms with E-state index >= 15 is 0 Å². The van der Waals surface area contributed by atoms with Crippen LogP contribution in [0.2, 0.25) is 0 Å². The fourth-order valence-corrected chi connectivity index (χ4v) is 7.70. The van der Waals surface area contributed by atoms with Crippen LogP contribution in [0.1, 0.15) is 33.3 Å². The normalized spacial score (nSPS) is 26.4. The fraction of sp³-hybridized carbons (Fsp3) is 0.368. The summed E-state index contributed by atoms with van der Waals surface area (Å²) in [5.41, 5.74) is -0.0618. The van der Waals surface area contributed by atoms with Gasteiger partial charge < -0.3 is 0 Å². The van der Waals surface area contributed by atoms with E-state index in [-0.39, 0.29) is 0 Å². The molecule has 0 amide bonds. The van der Waals surface area contributed by atoms with Crippen molar-refractivity contribution in [2.75, 3.05) is 0 Å². The molecular weight excluding hydrogens is 323 g/mol. The molecule has 2 aliphatic rings. The Morgan fingerprint density at radius 3 is 2.08 bits per heavy atom. The van der Waals surface area contributed by atoms with Gasteiger partial charge in [-0.05, 0) is 0 Å². The molecule has 0 atom stereocenters. The van der Waals surface area contributed by atoms with Crippen LogP contribution in [0.15, 0.2) is 54.6 Å². The fourth-order valence-electron chi connectivity index (χ4n) is 3.19. The predicted molar refractivity (Wildman–Crippen MR) is 95.2 cm³/mol. The van der Waals surface area contributed by atoms with Crippen molar-refractivity contribution < 1.29 is 18.1 Å². The molecule has 128 valence electrons. The van der Waals surface area contributed by atoms with Gasteiger partial charge in [0.15, 0.2) is 0 Å². The Hall–Kier alpha value is -1.45. The van der Waals surface area contributed by atoms with Crippen LogP contribution in [-0.2, 0) is 20.2 Å². The van der Waals surface area contributed by atoms with E-state index in [0.717, 1.165) is 10.9 Å². The Morgan fingerprint density at radius 1 is 0.833 bits per heavy atom. The van der Waals surface area contributed by atoms with E-state index in [1.165, 1.54) is 0 Å². The molecule has 1 fully saturated rings. The molecule has 5 heteroatoms. The molecule has 2 heterocycles. The number of rotatable bonds is 2. The van der Waals surface area contributed by atoms with Crippen molar-refractivity contribution in [2.24, 2.45) is 0 Å². The molecular formula is C19H23O4P. The first kappa shape index (κ1) is 16.0. The van der Waals surface area contributed by atoms with Gasteiger partial charge in [0.1, 0.15) is 0 Å². The number of benzene rings is 2. The predicted octanol–water partition coefficient (Wildman–Crippen LogP) is 4.74. The summed E-state index contributed by atoms with van der Waals surface area (Å²) in [6.07, 6.45) is 0. The molecule has 0 radical (unpaired) electrons. The van der Waals surface area contributed by atoms with E-state index in [0.29, 0.717) is 12.4 Å². The second kappa shape index (κ2) is 4.80. The van der Waals surface area contributed by atoms with E-state index in [1.54, 1.807) is 0 Å². The Morgan fingerprint density at radius 2 is 1.42 bits per heavy atom. The molecule has 0 bridgehead atoms. The zero-order valence-electron chi connectivity index (χ0n) is 14.5. The Labute approximate surface area is 143 Å². The minimum absolute atomic E-state index is 0.424. The zero-order valence-corrected chi connectivity index (χ0v) is 15.4. The summed E-state index contributed by atoms with van der Waals surface area (Å²) in [7, 11) is -3.95. The average molecular weight is 346 g/mol. The van der Waals surface area contributed by atoms with Crippen LogP contribution in [0.25, 0.3) is 0 Å². The van der Waals surface area contributed by atoms with Crippen LogP contribution in [0.4, 0.5) is 0 Å². The quantitative estimate of drug-likeness (QED) is 0.736. The third kappa shape index (κ3) is 2.07. The van der Waals surface area contributed by atoms with Crippen LogP contribution < -0.4 is 9.83 Å². The van der Waals surface area contributed by atoms with Crippen molar-refractivity contribution in [1.29, 1.82) is 0 Å². The van der Waals surface area contributed by atoms with Crippen LogP contribution in [0.5, 0.6) is 5.75 Å². The number of fused-ring (bicyclic) bond motifs is 2. The first-order chi connectivity index (χ1) is 11.3. The molecule has 0 saturated carbocycles. The van der Waals surface area contributed by atoms with E-state index in [9.17, 15) is 0 Å². The number of hydrogen-bond acceptors (Lipinski definition) is 4. The van der Waals surface area contributed by atoms with Crippen LogP contribution >= 0.6 is 7.51 Å². The zero-order chi connectivity index (χ0) is 17.1.